The molecule has 0 bridgehead atoms. The Morgan fingerprint density at radius 3 is 2.69 bits per heavy atom. The van der Waals surface area contributed by atoms with Gasteiger partial charge in [0.05, 0.1) is 0 Å². The van der Waals surface area contributed by atoms with E-state index < -0.39 is 0 Å². The van der Waals surface area contributed by atoms with Gasteiger partial charge in [-0.05, 0) is 63.2 Å². The summed E-state index contributed by atoms with van der Waals surface area (Å²) >= 11 is 0. The molecule has 0 amide bonds. The number of carbonyl (C=O) groups excluding carboxylic acids is 1. The lowest BCUT2D eigenvalue weighted by Gasteiger charge is -2.11. The number of hydrogen-bond acceptors (Lipinski definition) is 1. The second-order valence-corrected chi connectivity index (χ2v) is 5.29. The van der Waals surface area contributed by atoms with Crippen LogP contribution in [0.5, 0.6) is 0 Å². The van der Waals surface area contributed by atoms with E-state index >= 15 is 0 Å². The van der Waals surface area contributed by atoms with Crippen LogP contribution in [0.15, 0.2) is 33.9 Å². The Labute approximate surface area is 97.9 Å². The van der Waals surface area contributed by atoms with Crippen molar-refractivity contribution >= 4 is 5.78 Å². The van der Waals surface area contributed by atoms with E-state index in [-0.39, 0.29) is 5.78 Å². The highest BCUT2D eigenvalue weighted by atomic mass is 16.1. The maximum absolute atomic E-state index is 12.0. The third-order valence-corrected chi connectivity index (χ3v) is 3.90. The van der Waals surface area contributed by atoms with Gasteiger partial charge in [0, 0.05) is 5.57 Å². The Morgan fingerprint density at radius 2 is 2.06 bits per heavy atom. The molecular formula is C15H20O. The first-order valence-corrected chi connectivity index (χ1v) is 6.12. The summed E-state index contributed by atoms with van der Waals surface area (Å²) in [4.78, 5) is 12.0. The number of carbonyl (C=O) groups is 1. The molecule has 2 aliphatic carbocycles. The topological polar surface area (TPSA) is 17.1 Å². The van der Waals surface area contributed by atoms with E-state index in [1.54, 1.807) is 0 Å². The minimum atomic E-state index is 0.221. The summed E-state index contributed by atoms with van der Waals surface area (Å²) in [6.45, 7) is 8.45. The molecule has 1 heteroatoms. The molecule has 0 radical (unpaired) electrons. The number of allylic oxidation sites excluding steroid dienone is 6. The quantitative estimate of drug-likeness (QED) is 0.560. The van der Waals surface area contributed by atoms with E-state index in [9.17, 15) is 4.79 Å². The van der Waals surface area contributed by atoms with Crippen LogP contribution in [0.2, 0.25) is 0 Å². The summed E-state index contributed by atoms with van der Waals surface area (Å²) in [5, 5.41) is 0. The molecule has 1 atom stereocenters. The maximum Gasteiger partial charge on any atom is 0.182 e. The Hall–Kier alpha value is -1.11. The fourth-order valence-electron chi connectivity index (χ4n) is 2.80. The van der Waals surface area contributed by atoms with Gasteiger partial charge in [0.2, 0.25) is 0 Å². The number of rotatable bonds is 0. The second kappa shape index (κ2) is 4.04. The maximum atomic E-state index is 12.0. The molecule has 2 aliphatic rings. The highest BCUT2D eigenvalue weighted by Crippen LogP contribution is 2.41. The van der Waals surface area contributed by atoms with Gasteiger partial charge in [0.15, 0.2) is 5.78 Å². The SMILES string of the molecule is CC1=CC(=O)C(=C(C)C)CC2=C1CCC2C. The minimum absolute atomic E-state index is 0.221. The first kappa shape index (κ1) is 11.4. The zero-order valence-electron chi connectivity index (χ0n) is 10.7. The lowest BCUT2D eigenvalue weighted by Crippen LogP contribution is -2.03. The molecule has 86 valence electrons. The predicted octanol–water partition coefficient (Wildman–Crippen LogP) is 3.97. The summed E-state index contributed by atoms with van der Waals surface area (Å²) in [6.07, 6.45) is 5.12. The van der Waals surface area contributed by atoms with Crippen molar-refractivity contribution in [3.63, 3.8) is 0 Å². The van der Waals surface area contributed by atoms with Crippen molar-refractivity contribution in [2.24, 2.45) is 5.92 Å². The van der Waals surface area contributed by atoms with E-state index in [1.165, 1.54) is 28.7 Å². The van der Waals surface area contributed by atoms with Crippen molar-refractivity contribution in [1.82, 2.24) is 0 Å². The van der Waals surface area contributed by atoms with Gasteiger partial charge in [0.1, 0.15) is 0 Å². The average molecular weight is 216 g/mol. The van der Waals surface area contributed by atoms with Crippen LogP contribution in [0.4, 0.5) is 0 Å². The highest BCUT2D eigenvalue weighted by Gasteiger charge is 2.27. The van der Waals surface area contributed by atoms with E-state index in [2.05, 4.69) is 13.8 Å². The van der Waals surface area contributed by atoms with E-state index in [0.717, 1.165) is 18.4 Å². The molecule has 0 aromatic rings. The largest absolute Gasteiger partial charge is 0.290 e. The molecule has 16 heavy (non-hydrogen) atoms. The Bertz CT molecular complexity index is 428. The first-order chi connectivity index (χ1) is 7.50. The smallest absolute Gasteiger partial charge is 0.182 e. The van der Waals surface area contributed by atoms with Crippen LogP contribution in [0, 0.1) is 5.92 Å². The normalized spacial score (nSPS) is 25.5. The Morgan fingerprint density at radius 1 is 1.38 bits per heavy atom. The fourth-order valence-corrected chi connectivity index (χ4v) is 2.80. The summed E-state index contributed by atoms with van der Waals surface area (Å²) in [6, 6.07) is 0. The molecule has 0 aliphatic heterocycles. The Balaban J connectivity index is 2.51. The van der Waals surface area contributed by atoms with Gasteiger partial charge < -0.3 is 0 Å². The van der Waals surface area contributed by atoms with E-state index in [4.69, 9.17) is 0 Å². The van der Waals surface area contributed by atoms with Gasteiger partial charge in [-0.15, -0.1) is 0 Å². The zero-order valence-corrected chi connectivity index (χ0v) is 10.7. The minimum Gasteiger partial charge on any atom is -0.290 e. The molecule has 0 heterocycles. The third kappa shape index (κ3) is 1.79. The van der Waals surface area contributed by atoms with Crippen molar-refractivity contribution in [3.8, 4) is 0 Å². The van der Waals surface area contributed by atoms with Crippen LogP contribution in [-0.4, -0.2) is 5.78 Å². The average Bonchev–Trinajstić information content (AvgIpc) is 2.49. The summed E-state index contributed by atoms with van der Waals surface area (Å²) in [5.74, 6) is 0.873. The van der Waals surface area contributed by atoms with Crippen LogP contribution in [-0.2, 0) is 4.79 Å². The van der Waals surface area contributed by atoms with Crippen molar-refractivity contribution in [1.29, 1.82) is 0 Å². The molecule has 0 fully saturated rings. The van der Waals surface area contributed by atoms with Crippen molar-refractivity contribution < 1.29 is 4.79 Å². The molecule has 0 N–H and O–H groups in total. The molecule has 0 spiro atoms. The van der Waals surface area contributed by atoms with Gasteiger partial charge in [0.25, 0.3) is 0 Å². The molecular weight excluding hydrogens is 196 g/mol. The van der Waals surface area contributed by atoms with Gasteiger partial charge in [-0.1, -0.05) is 18.1 Å². The Kier molecular flexibility index (Phi) is 2.88. The van der Waals surface area contributed by atoms with Crippen LogP contribution in [0.1, 0.15) is 47.0 Å². The molecule has 1 nitrogen and oxygen atoms in total. The molecule has 0 saturated heterocycles. The van der Waals surface area contributed by atoms with Crippen LogP contribution in [0.3, 0.4) is 0 Å². The van der Waals surface area contributed by atoms with Gasteiger partial charge >= 0.3 is 0 Å². The number of hydrogen-bond donors (Lipinski definition) is 0. The summed E-state index contributed by atoms with van der Waals surface area (Å²) in [7, 11) is 0. The highest BCUT2D eigenvalue weighted by molar-refractivity contribution is 6.06. The standard InChI is InChI=1S/C15H20O/c1-9(2)13-8-14-10(3)5-6-12(14)11(4)7-15(13)16/h7,10H,5-6,8H2,1-4H3. The third-order valence-electron chi connectivity index (χ3n) is 3.90. The summed E-state index contributed by atoms with van der Waals surface area (Å²) in [5.41, 5.74) is 6.34. The lowest BCUT2D eigenvalue weighted by atomic mass is 9.93. The van der Waals surface area contributed by atoms with Crippen LogP contribution in [0.25, 0.3) is 0 Å². The van der Waals surface area contributed by atoms with Crippen molar-refractivity contribution in [2.45, 2.75) is 47.0 Å². The molecule has 1 unspecified atom stereocenters. The van der Waals surface area contributed by atoms with Crippen LogP contribution < -0.4 is 0 Å². The predicted molar refractivity (Wildman–Crippen MR) is 67.2 cm³/mol. The van der Waals surface area contributed by atoms with E-state index in [0.29, 0.717) is 5.92 Å². The number of ketones is 1. The van der Waals surface area contributed by atoms with Gasteiger partial charge in [-0.2, -0.15) is 0 Å². The van der Waals surface area contributed by atoms with Gasteiger partial charge in [-0.3, -0.25) is 4.79 Å². The first-order valence-electron chi connectivity index (χ1n) is 6.12. The monoisotopic (exact) mass is 216 g/mol. The van der Waals surface area contributed by atoms with Crippen LogP contribution >= 0.6 is 0 Å². The van der Waals surface area contributed by atoms with Crippen molar-refractivity contribution in [3.05, 3.63) is 33.9 Å². The van der Waals surface area contributed by atoms with Crippen molar-refractivity contribution in [2.75, 3.05) is 0 Å². The summed E-state index contributed by atoms with van der Waals surface area (Å²) < 4.78 is 0. The second-order valence-electron chi connectivity index (χ2n) is 5.29. The zero-order chi connectivity index (χ0) is 11.9. The van der Waals surface area contributed by atoms with E-state index in [1.807, 2.05) is 19.9 Å². The molecule has 0 saturated carbocycles. The fraction of sp³-hybridized carbons (Fsp3) is 0.533. The van der Waals surface area contributed by atoms with Gasteiger partial charge in [-0.25, -0.2) is 0 Å². The molecule has 2 rings (SSSR count). The molecule has 0 aromatic carbocycles. The lowest BCUT2D eigenvalue weighted by molar-refractivity contribution is -0.111. The molecule has 0 aromatic heterocycles.